The average Bonchev–Trinajstić information content (AvgIpc) is 3.04. The van der Waals surface area contributed by atoms with E-state index in [-0.39, 0.29) is 22.4 Å². The maximum atomic E-state index is 12.3. The minimum absolute atomic E-state index is 0.153. The third-order valence-electron chi connectivity index (χ3n) is 3.81. The Morgan fingerprint density at radius 1 is 1.67 bits per heavy atom. The molecule has 8 heteroatoms. The van der Waals surface area contributed by atoms with Gasteiger partial charge < -0.3 is 20.3 Å². The molecule has 21 heavy (non-hydrogen) atoms. The summed E-state index contributed by atoms with van der Waals surface area (Å²) in [6.45, 7) is 4.41. The molecule has 0 saturated carbocycles. The van der Waals surface area contributed by atoms with Gasteiger partial charge in [0, 0.05) is 33.8 Å². The number of carbonyl (C=O) groups is 1. The molecular weight excluding hydrogens is 294 g/mol. The molecule has 7 nitrogen and oxygen atoms in total. The fraction of sp³-hybridized carbons (Fsp3) is 0.692. The predicted octanol–water partition coefficient (Wildman–Crippen LogP) is 0.686. The van der Waals surface area contributed by atoms with E-state index < -0.39 is 0 Å². The highest BCUT2D eigenvalue weighted by molar-refractivity contribution is 6.35. The number of anilines is 1. The smallest absolute Gasteiger partial charge is 0.273 e. The minimum Gasteiger partial charge on any atom is -0.383 e. The van der Waals surface area contributed by atoms with E-state index in [1.807, 2.05) is 0 Å². The number of aromatic nitrogens is 2. The van der Waals surface area contributed by atoms with Crippen LogP contribution in [0.5, 0.6) is 0 Å². The lowest BCUT2D eigenvalue weighted by atomic mass is 10.1. The predicted molar refractivity (Wildman–Crippen MR) is 81.4 cm³/mol. The summed E-state index contributed by atoms with van der Waals surface area (Å²) >= 11 is 5.96. The molecule has 0 radical (unpaired) electrons. The molecule has 1 amide bonds. The van der Waals surface area contributed by atoms with Gasteiger partial charge in [-0.25, -0.2) is 0 Å². The molecule has 2 heterocycles. The average molecular weight is 316 g/mol. The first-order valence-electron chi connectivity index (χ1n) is 6.99. The second-order valence-electron chi connectivity index (χ2n) is 5.43. The number of hydrogen-bond acceptors (Lipinski definition) is 5. The van der Waals surface area contributed by atoms with Crippen molar-refractivity contribution in [2.45, 2.75) is 6.42 Å². The summed E-state index contributed by atoms with van der Waals surface area (Å²) in [7, 11) is 3.48. The number of methoxy groups -OCH3 is 1. The minimum atomic E-state index is -0.181. The van der Waals surface area contributed by atoms with Crippen molar-refractivity contribution in [3.63, 3.8) is 0 Å². The third kappa shape index (κ3) is 3.87. The number of rotatable bonds is 6. The van der Waals surface area contributed by atoms with E-state index in [1.54, 1.807) is 19.1 Å². The molecule has 0 spiro atoms. The molecule has 2 rings (SSSR count). The number of nitrogens with zero attached hydrogens (tertiary/aromatic N) is 3. The second kappa shape index (κ2) is 7.11. The highest BCUT2D eigenvalue weighted by atomic mass is 35.5. The molecule has 1 atom stereocenters. The Balaban J connectivity index is 1.86. The SMILES string of the molecule is COCCN1CC[C@H](CN(C)C(=O)c2[nH]nc(N)c2Cl)C1. The van der Waals surface area contributed by atoms with Gasteiger partial charge in [-0.2, -0.15) is 5.10 Å². The van der Waals surface area contributed by atoms with Crippen LogP contribution in [0.15, 0.2) is 0 Å². The molecule has 1 aromatic rings. The van der Waals surface area contributed by atoms with Gasteiger partial charge in [-0.3, -0.25) is 9.89 Å². The van der Waals surface area contributed by atoms with Crippen LogP contribution in [0, 0.1) is 5.92 Å². The number of nitrogen functional groups attached to an aromatic ring is 1. The highest BCUT2D eigenvalue weighted by Gasteiger charge is 2.26. The molecule has 0 bridgehead atoms. The lowest BCUT2D eigenvalue weighted by Gasteiger charge is -2.21. The van der Waals surface area contributed by atoms with Crippen LogP contribution in [0.2, 0.25) is 5.02 Å². The van der Waals surface area contributed by atoms with Gasteiger partial charge in [0.25, 0.3) is 5.91 Å². The van der Waals surface area contributed by atoms with Crippen molar-refractivity contribution >= 4 is 23.3 Å². The summed E-state index contributed by atoms with van der Waals surface area (Å²) in [6.07, 6.45) is 1.08. The van der Waals surface area contributed by atoms with Crippen molar-refractivity contribution in [1.29, 1.82) is 0 Å². The van der Waals surface area contributed by atoms with Crippen LogP contribution in [0.1, 0.15) is 16.9 Å². The molecule has 3 N–H and O–H groups in total. The summed E-state index contributed by atoms with van der Waals surface area (Å²) in [5.74, 6) is 0.439. The number of carbonyl (C=O) groups excluding carboxylic acids is 1. The first-order chi connectivity index (χ1) is 10.0. The van der Waals surface area contributed by atoms with Crippen molar-refractivity contribution in [2.24, 2.45) is 5.92 Å². The van der Waals surface area contributed by atoms with Crippen LogP contribution in [-0.4, -0.2) is 72.8 Å². The van der Waals surface area contributed by atoms with Gasteiger partial charge in [-0.15, -0.1) is 0 Å². The lowest BCUT2D eigenvalue weighted by molar-refractivity contribution is 0.0766. The van der Waals surface area contributed by atoms with Gasteiger partial charge in [-0.05, 0) is 18.9 Å². The van der Waals surface area contributed by atoms with Gasteiger partial charge in [-0.1, -0.05) is 11.6 Å². The lowest BCUT2D eigenvalue weighted by Crippen LogP contribution is -2.34. The van der Waals surface area contributed by atoms with Crippen LogP contribution in [0.4, 0.5) is 5.82 Å². The Morgan fingerprint density at radius 2 is 2.43 bits per heavy atom. The zero-order chi connectivity index (χ0) is 15.4. The van der Waals surface area contributed by atoms with Crippen LogP contribution in [0.25, 0.3) is 0 Å². The molecule has 1 saturated heterocycles. The van der Waals surface area contributed by atoms with Crippen LogP contribution < -0.4 is 5.73 Å². The summed E-state index contributed by atoms with van der Waals surface area (Å²) in [4.78, 5) is 16.3. The maximum absolute atomic E-state index is 12.3. The number of nitrogens with one attached hydrogen (secondary N) is 1. The van der Waals surface area contributed by atoms with Crippen molar-refractivity contribution in [2.75, 3.05) is 52.7 Å². The van der Waals surface area contributed by atoms with Crippen LogP contribution >= 0.6 is 11.6 Å². The van der Waals surface area contributed by atoms with Crippen molar-refractivity contribution in [3.05, 3.63) is 10.7 Å². The molecular formula is C13H22ClN5O2. The van der Waals surface area contributed by atoms with Crippen molar-refractivity contribution in [1.82, 2.24) is 20.0 Å². The Morgan fingerprint density at radius 3 is 3.05 bits per heavy atom. The molecule has 0 unspecified atom stereocenters. The number of aromatic amines is 1. The first-order valence-corrected chi connectivity index (χ1v) is 7.36. The van der Waals surface area contributed by atoms with Gasteiger partial charge in [0.05, 0.1) is 6.61 Å². The topological polar surface area (TPSA) is 87.5 Å². The molecule has 118 valence electrons. The van der Waals surface area contributed by atoms with E-state index in [0.717, 1.165) is 32.7 Å². The number of amides is 1. The standard InChI is InChI=1S/C13H22ClN5O2/c1-18(13(20)11-10(14)12(15)17-16-11)7-9-3-4-19(8-9)5-6-21-2/h9H,3-8H2,1-2H3,(H3,15,16,17)/t9-/m1/s1. The molecule has 0 aliphatic carbocycles. The fourth-order valence-corrected chi connectivity index (χ4v) is 2.80. The summed E-state index contributed by atoms with van der Waals surface area (Å²) in [5, 5.41) is 6.53. The summed E-state index contributed by atoms with van der Waals surface area (Å²) < 4.78 is 5.09. The monoisotopic (exact) mass is 315 g/mol. The normalized spacial score (nSPS) is 19.1. The van der Waals surface area contributed by atoms with Gasteiger partial charge in [0.1, 0.15) is 10.7 Å². The van der Waals surface area contributed by atoms with E-state index in [9.17, 15) is 4.79 Å². The van der Waals surface area contributed by atoms with Crippen LogP contribution in [0.3, 0.4) is 0 Å². The first kappa shape index (κ1) is 16.1. The number of halogens is 1. The second-order valence-corrected chi connectivity index (χ2v) is 5.81. The zero-order valence-electron chi connectivity index (χ0n) is 12.4. The van der Waals surface area contributed by atoms with Crippen LogP contribution in [-0.2, 0) is 4.74 Å². The van der Waals surface area contributed by atoms with Gasteiger partial charge >= 0.3 is 0 Å². The maximum Gasteiger partial charge on any atom is 0.273 e. The van der Waals surface area contributed by atoms with Crippen molar-refractivity contribution < 1.29 is 9.53 Å². The van der Waals surface area contributed by atoms with E-state index >= 15 is 0 Å². The number of ether oxygens (including phenoxy) is 1. The molecule has 1 aliphatic rings. The van der Waals surface area contributed by atoms with E-state index in [1.165, 1.54) is 0 Å². The molecule has 1 aliphatic heterocycles. The largest absolute Gasteiger partial charge is 0.383 e. The van der Waals surface area contributed by atoms with E-state index in [2.05, 4.69) is 15.1 Å². The summed E-state index contributed by atoms with van der Waals surface area (Å²) in [6, 6.07) is 0. The Labute approximate surface area is 129 Å². The van der Waals surface area contributed by atoms with Gasteiger partial charge in [0.15, 0.2) is 5.82 Å². The number of nitrogens with two attached hydrogens (primary N) is 1. The number of H-pyrrole nitrogens is 1. The van der Waals surface area contributed by atoms with Gasteiger partial charge in [0.2, 0.25) is 0 Å². The van der Waals surface area contributed by atoms with E-state index in [0.29, 0.717) is 12.5 Å². The fourth-order valence-electron chi connectivity index (χ4n) is 2.63. The Kier molecular flexibility index (Phi) is 5.44. The van der Waals surface area contributed by atoms with E-state index in [4.69, 9.17) is 22.1 Å². The highest BCUT2D eigenvalue weighted by Crippen LogP contribution is 2.22. The third-order valence-corrected chi connectivity index (χ3v) is 4.19. The molecule has 0 aromatic carbocycles. The van der Waals surface area contributed by atoms with Crippen molar-refractivity contribution in [3.8, 4) is 0 Å². The zero-order valence-corrected chi connectivity index (χ0v) is 13.2. The summed E-state index contributed by atoms with van der Waals surface area (Å²) in [5.41, 5.74) is 5.80. The Bertz CT molecular complexity index is 493. The Hall–Kier alpha value is -1.31. The number of hydrogen-bond donors (Lipinski definition) is 2. The molecule has 1 aromatic heterocycles. The molecule has 1 fully saturated rings. The quantitative estimate of drug-likeness (QED) is 0.806. The number of likely N-dealkylation sites (tertiary alicyclic amines) is 1.